The molecule has 1 saturated heterocycles. The maximum absolute atomic E-state index is 13.4. The molecule has 4 rings (SSSR count). The minimum Gasteiger partial charge on any atom is -0.325 e. The molecule has 2 heterocycles. The molecule has 160 valence electrons. The van der Waals surface area contributed by atoms with Crippen LogP contribution in [-0.4, -0.2) is 37.3 Å². The summed E-state index contributed by atoms with van der Waals surface area (Å²) in [5.74, 6) is -1.93. The molecular formula is C20H15F3N4O3S. The van der Waals surface area contributed by atoms with Crippen LogP contribution in [-0.2, 0) is 28.9 Å². The molecule has 0 radical (unpaired) electrons. The summed E-state index contributed by atoms with van der Waals surface area (Å²) in [6.45, 7) is -0.444. The van der Waals surface area contributed by atoms with Crippen LogP contribution in [0, 0.1) is 0 Å². The number of thioether (sulfide) groups is 1. The number of benzene rings is 2. The lowest BCUT2D eigenvalue weighted by atomic mass is 10.2. The third-order valence-electron chi connectivity index (χ3n) is 4.63. The van der Waals surface area contributed by atoms with Crippen molar-refractivity contribution in [2.75, 3.05) is 11.1 Å². The summed E-state index contributed by atoms with van der Waals surface area (Å²) in [5.41, 5.74) is 1.41. The van der Waals surface area contributed by atoms with E-state index in [-0.39, 0.29) is 34.5 Å². The van der Waals surface area contributed by atoms with Crippen molar-refractivity contribution >= 4 is 45.5 Å². The second-order valence-corrected chi connectivity index (χ2v) is 7.71. The highest BCUT2D eigenvalue weighted by Crippen LogP contribution is 2.31. The second kappa shape index (κ2) is 8.06. The smallest absolute Gasteiger partial charge is 0.325 e. The van der Waals surface area contributed by atoms with Crippen molar-refractivity contribution in [1.82, 2.24) is 14.5 Å². The predicted octanol–water partition coefficient (Wildman–Crippen LogP) is 3.89. The highest BCUT2D eigenvalue weighted by Gasteiger charge is 2.38. The van der Waals surface area contributed by atoms with E-state index in [2.05, 4.69) is 10.3 Å². The number of hydrogen-bond acceptors (Lipinski definition) is 5. The Morgan fingerprint density at radius 2 is 1.81 bits per heavy atom. The quantitative estimate of drug-likeness (QED) is 0.640. The molecule has 3 aromatic rings. The van der Waals surface area contributed by atoms with Gasteiger partial charge in [-0.15, -0.1) is 0 Å². The van der Waals surface area contributed by atoms with Crippen molar-refractivity contribution in [3.63, 3.8) is 0 Å². The van der Waals surface area contributed by atoms with E-state index in [1.54, 1.807) is 36.4 Å². The van der Waals surface area contributed by atoms with Gasteiger partial charge in [0.2, 0.25) is 17.6 Å². The topological polar surface area (TPSA) is 84.3 Å². The van der Waals surface area contributed by atoms with Gasteiger partial charge in [0.05, 0.1) is 23.3 Å². The highest BCUT2D eigenvalue weighted by atomic mass is 32.2. The molecule has 0 atom stereocenters. The van der Waals surface area contributed by atoms with Crippen molar-refractivity contribution in [2.45, 2.75) is 19.3 Å². The van der Waals surface area contributed by atoms with Crippen LogP contribution in [0.3, 0.4) is 0 Å². The summed E-state index contributed by atoms with van der Waals surface area (Å²) in [5, 5.41) is 2.25. The number of hydrogen-bond donors (Lipinski definition) is 1. The zero-order valence-corrected chi connectivity index (χ0v) is 16.7. The molecule has 1 N–H and O–H groups in total. The SMILES string of the molecule is O=C(Cn1c(C(F)(F)F)nc2ccccc21)Nc1ccc(CN2C(=O)CSC2=O)cc1. The number of carbonyl (C=O) groups is 3. The summed E-state index contributed by atoms with van der Waals surface area (Å²) < 4.78 is 40.9. The first-order valence-corrected chi connectivity index (χ1v) is 10.1. The molecule has 2 aromatic carbocycles. The van der Waals surface area contributed by atoms with Gasteiger partial charge in [0, 0.05) is 5.69 Å². The monoisotopic (exact) mass is 448 g/mol. The van der Waals surface area contributed by atoms with Crippen LogP contribution in [0.15, 0.2) is 48.5 Å². The number of amides is 3. The van der Waals surface area contributed by atoms with Gasteiger partial charge in [0.1, 0.15) is 6.54 Å². The van der Waals surface area contributed by atoms with Crippen LogP contribution >= 0.6 is 11.8 Å². The Kier molecular flexibility index (Phi) is 5.44. The number of fused-ring (bicyclic) bond motifs is 1. The Morgan fingerprint density at radius 1 is 1.10 bits per heavy atom. The predicted molar refractivity (Wildman–Crippen MR) is 108 cm³/mol. The summed E-state index contributed by atoms with van der Waals surface area (Å²) in [7, 11) is 0. The van der Waals surface area contributed by atoms with E-state index in [1.807, 2.05) is 0 Å². The Hall–Kier alpha value is -3.34. The average Bonchev–Trinajstić information content (AvgIpc) is 3.24. The fourth-order valence-electron chi connectivity index (χ4n) is 3.21. The first-order chi connectivity index (χ1) is 14.7. The molecular weight excluding hydrogens is 433 g/mol. The number of imidazole rings is 1. The van der Waals surface area contributed by atoms with Gasteiger partial charge in [-0.1, -0.05) is 36.0 Å². The van der Waals surface area contributed by atoms with E-state index in [0.29, 0.717) is 11.3 Å². The number of aromatic nitrogens is 2. The number of imide groups is 1. The lowest BCUT2D eigenvalue weighted by Gasteiger charge is -2.14. The lowest BCUT2D eigenvalue weighted by molar-refractivity contribution is -0.147. The molecule has 7 nitrogen and oxygen atoms in total. The largest absolute Gasteiger partial charge is 0.449 e. The minimum absolute atomic E-state index is 0.120. The van der Waals surface area contributed by atoms with E-state index in [0.717, 1.165) is 21.2 Å². The number of nitrogens with one attached hydrogen (secondary N) is 1. The molecule has 0 saturated carbocycles. The van der Waals surface area contributed by atoms with Gasteiger partial charge in [-0.25, -0.2) is 4.98 Å². The summed E-state index contributed by atoms with van der Waals surface area (Å²) >= 11 is 0.942. The molecule has 1 aliphatic rings. The maximum Gasteiger partial charge on any atom is 0.449 e. The molecule has 3 amide bonds. The van der Waals surface area contributed by atoms with Gasteiger partial charge in [-0.2, -0.15) is 13.2 Å². The standard InChI is InChI=1S/C20H15F3N4O3S/c21-20(22,23)18-25-14-3-1-2-4-15(14)26(18)10-16(28)24-13-7-5-12(6-8-13)9-27-17(29)11-31-19(27)30/h1-8H,9-11H2,(H,24,28). The number of halogens is 3. The Labute approximate surface area is 178 Å². The fraction of sp³-hybridized carbons (Fsp3) is 0.200. The van der Waals surface area contributed by atoms with Crippen molar-refractivity contribution in [1.29, 1.82) is 0 Å². The van der Waals surface area contributed by atoms with E-state index in [4.69, 9.17) is 0 Å². The first-order valence-electron chi connectivity index (χ1n) is 9.11. The number of rotatable bonds is 5. The van der Waals surface area contributed by atoms with Crippen LogP contribution < -0.4 is 5.32 Å². The summed E-state index contributed by atoms with van der Waals surface area (Å²) in [6.07, 6.45) is -4.70. The van der Waals surface area contributed by atoms with Crippen molar-refractivity contribution < 1.29 is 27.6 Å². The zero-order valence-electron chi connectivity index (χ0n) is 15.8. The molecule has 0 unspecified atom stereocenters. The van der Waals surface area contributed by atoms with Crippen LogP contribution in [0.5, 0.6) is 0 Å². The number of carbonyl (C=O) groups excluding carboxylic acids is 3. The average molecular weight is 448 g/mol. The van der Waals surface area contributed by atoms with Gasteiger partial charge in [-0.3, -0.25) is 19.3 Å². The molecule has 0 bridgehead atoms. The van der Waals surface area contributed by atoms with Gasteiger partial charge >= 0.3 is 6.18 Å². The normalized spacial score (nSPS) is 14.5. The molecule has 0 spiro atoms. The van der Waals surface area contributed by atoms with Gasteiger partial charge in [0.15, 0.2) is 0 Å². The third-order valence-corrected chi connectivity index (χ3v) is 5.49. The van der Waals surface area contributed by atoms with E-state index in [9.17, 15) is 27.6 Å². The van der Waals surface area contributed by atoms with Gasteiger partial charge < -0.3 is 9.88 Å². The zero-order chi connectivity index (χ0) is 22.2. The fourth-order valence-corrected chi connectivity index (χ4v) is 3.93. The number of alkyl halides is 3. The van der Waals surface area contributed by atoms with Crippen molar-refractivity contribution in [3.05, 3.63) is 59.9 Å². The Balaban J connectivity index is 1.47. The molecule has 1 aliphatic heterocycles. The maximum atomic E-state index is 13.4. The Morgan fingerprint density at radius 3 is 2.45 bits per heavy atom. The van der Waals surface area contributed by atoms with Crippen molar-refractivity contribution in [3.8, 4) is 0 Å². The molecule has 11 heteroatoms. The molecule has 1 fully saturated rings. The Bertz CT molecular complexity index is 1160. The third kappa shape index (κ3) is 4.41. The van der Waals surface area contributed by atoms with E-state index >= 15 is 0 Å². The molecule has 31 heavy (non-hydrogen) atoms. The second-order valence-electron chi connectivity index (χ2n) is 6.79. The van der Waals surface area contributed by atoms with Crippen LogP contribution in [0.1, 0.15) is 11.4 Å². The van der Waals surface area contributed by atoms with Crippen LogP contribution in [0.25, 0.3) is 11.0 Å². The number of anilines is 1. The lowest BCUT2D eigenvalue weighted by Crippen LogP contribution is -2.27. The molecule has 0 aliphatic carbocycles. The summed E-state index contributed by atoms with van der Waals surface area (Å²) in [6, 6.07) is 12.4. The van der Waals surface area contributed by atoms with Crippen LogP contribution in [0.4, 0.5) is 23.7 Å². The summed E-state index contributed by atoms with van der Waals surface area (Å²) in [4.78, 5) is 40.5. The number of nitrogens with zero attached hydrogens (tertiary/aromatic N) is 3. The number of para-hydroxylation sites is 2. The first kappa shape index (κ1) is 20.9. The van der Waals surface area contributed by atoms with Gasteiger partial charge in [-0.05, 0) is 29.8 Å². The van der Waals surface area contributed by atoms with E-state index in [1.165, 1.54) is 12.1 Å². The van der Waals surface area contributed by atoms with Gasteiger partial charge in [0.25, 0.3) is 5.24 Å². The minimum atomic E-state index is -4.70. The van der Waals surface area contributed by atoms with Crippen molar-refractivity contribution in [2.24, 2.45) is 0 Å². The highest BCUT2D eigenvalue weighted by molar-refractivity contribution is 8.14. The molecule has 1 aromatic heterocycles. The van der Waals surface area contributed by atoms with E-state index < -0.39 is 24.5 Å². The van der Waals surface area contributed by atoms with Crippen LogP contribution in [0.2, 0.25) is 0 Å².